The maximum absolute atomic E-state index is 11.8. The normalized spacial score (nSPS) is 17.7. The largest absolute Gasteiger partial charge is 0.303 e. The monoisotopic (exact) mass is 273 g/mol. The van der Waals surface area contributed by atoms with Gasteiger partial charge >= 0.3 is 0 Å². The lowest BCUT2D eigenvalue weighted by Crippen LogP contribution is -2.34. The standard InChI is InChI=1S/C13H19NOS.ClH/c1-11-4-7-14(8-5-11)9-6-12(15)13-3-2-10-16-13;/h2-3,10-11H,4-9H2,1H3;1H. The Morgan fingerprint density at radius 3 is 2.76 bits per heavy atom. The van der Waals surface area contributed by atoms with Crippen molar-refractivity contribution in [1.29, 1.82) is 0 Å². The summed E-state index contributed by atoms with van der Waals surface area (Å²) < 4.78 is 0. The highest BCUT2D eigenvalue weighted by atomic mass is 35.5. The SMILES string of the molecule is CC1CCN(CCC(=O)c2cccs2)CC1.Cl. The van der Waals surface area contributed by atoms with Crippen LogP contribution in [0.5, 0.6) is 0 Å². The number of likely N-dealkylation sites (tertiary alicyclic amines) is 1. The zero-order valence-electron chi connectivity index (χ0n) is 10.2. The van der Waals surface area contributed by atoms with Crippen LogP contribution in [0.4, 0.5) is 0 Å². The molecule has 0 N–H and O–H groups in total. The maximum atomic E-state index is 11.8. The molecule has 0 aliphatic carbocycles. The first-order valence-electron chi connectivity index (χ1n) is 6.05. The fraction of sp³-hybridized carbons (Fsp3) is 0.615. The molecule has 17 heavy (non-hydrogen) atoms. The molecule has 0 aromatic carbocycles. The second-order valence-electron chi connectivity index (χ2n) is 4.67. The number of Topliss-reactive ketones (excluding diaryl/α,β-unsaturated/α-hetero) is 1. The zero-order valence-corrected chi connectivity index (χ0v) is 11.9. The second-order valence-corrected chi connectivity index (χ2v) is 5.62. The van der Waals surface area contributed by atoms with Crippen LogP contribution in [-0.2, 0) is 0 Å². The van der Waals surface area contributed by atoms with Gasteiger partial charge in [0, 0.05) is 13.0 Å². The van der Waals surface area contributed by atoms with Crippen molar-refractivity contribution in [3.8, 4) is 0 Å². The summed E-state index contributed by atoms with van der Waals surface area (Å²) in [5.74, 6) is 1.16. The Kier molecular flexibility index (Phi) is 6.17. The van der Waals surface area contributed by atoms with E-state index in [4.69, 9.17) is 0 Å². The Hall–Kier alpha value is -0.380. The second kappa shape index (κ2) is 7.14. The number of thiophene rings is 1. The number of ketones is 1. The molecule has 1 fully saturated rings. The van der Waals surface area contributed by atoms with Crippen molar-refractivity contribution >= 4 is 29.5 Å². The lowest BCUT2D eigenvalue weighted by Gasteiger charge is -2.29. The van der Waals surface area contributed by atoms with E-state index in [1.807, 2.05) is 17.5 Å². The van der Waals surface area contributed by atoms with Gasteiger partial charge in [-0.1, -0.05) is 13.0 Å². The molecule has 0 amide bonds. The Morgan fingerprint density at radius 2 is 2.18 bits per heavy atom. The van der Waals surface area contributed by atoms with Gasteiger partial charge in [-0.15, -0.1) is 23.7 Å². The predicted octanol–water partition coefficient (Wildman–Crippen LogP) is 3.47. The van der Waals surface area contributed by atoms with E-state index >= 15 is 0 Å². The van der Waals surface area contributed by atoms with Crippen LogP contribution in [0.15, 0.2) is 17.5 Å². The Morgan fingerprint density at radius 1 is 1.47 bits per heavy atom. The first-order valence-corrected chi connectivity index (χ1v) is 6.93. The minimum absolute atomic E-state index is 0. The fourth-order valence-electron chi connectivity index (χ4n) is 2.11. The third-order valence-electron chi connectivity index (χ3n) is 3.33. The fourth-order valence-corrected chi connectivity index (χ4v) is 2.80. The van der Waals surface area contributed by atoms with Crippen LogP contribution in [0, 0.1) is 5.92 Å². The summed E-state index contributed by atoms with van der Waals surface area (Å²) in [5.41, 5.74) is 0. The molecular formula is C13H20ClNOS. The molecule has 96 valence electrons. The first kappa shape index (κ1) is 14.7. The van der Waals surface area contributed by atoms with E-state index < -0.39 is 0 Å². The lowest BCUT2D eigenvalue weighted by molar-refractivity contribution is 0.0957. The van der Waals surface area contributed by atoms with Crippen molar-refractivity contribution < 1.29 is 4.79 Å². The van der Waals surface area contributed by atoms with Crippen molar-refractivity contribution in [3.05, 3.63) is 22.4 Å². The predicted molar refractivity (Wildman–Crippen MR) is 75.4 cm³/mol. The van der Waals surface area contributed by atoms with E-state index in [0.29, 0.717) is 12.2 Å². The van der Waals surface area contributed by atoms with E-state index in [9.17, 15) is 4.79 Å². The van der Waals surface area contributed by atoms with Crippen LogP contribution in [0.1, 0.15) is 35.9 Å². The Bertz CT molecular complexity index is 331. The molecule has 4 heteroatoms. The van der Waals surface area contributed by atoms with Gasteiger partial charge in [-0.3, -0.25) is 4.79 Å². The summed E-state index contributed by atoms with van der Waals surface area (Å²) in [6.07, 6.45) is 3.25. The van der Waals surface area contributed by atoms with Gasteiger partial charge in [0.1, 0.15) is 0 Å². The highest BCUT2D eigenvalue weighted by Crippen LogP contribution is 2.17. The van der Waals surface area contributed by atoms with Gasteiger partial charge in [0.05, 0.1) is 4.88 Å². The zero-order chi connectivity index (χ0) is 11.4. The molecule has 0 radical (unpaired) electrons. The minimum atomic E-state index is 0. The number of hydrogen-bond donors (Lipinski definition) is 0. The molecule has 0 bridgehead atoms. The first-order chi connectivity index (χ1) is 7.75. The molecule has 1 saturated heterocycles. The highest BCUT2D eigenvalue weighted by Gasteiger charge is 2.16. The van der Waals surface area contributed by atoms with E-state index in [0.717, 1.165) is 17.3 Å². The summed E-state index contributed by atoms with van der Waals surface area (Å²) in [6, 6.07) is 3.87. The van der Waals surface area contributed by atoms with E-state index in [1.54, 1.807) is 11.3 Å². The Balaban J connectivity index is 0.00000144. The van der Waals surface area contributed by atoms with Crippen molar-refractivity contribution in [1.82, 2.24) is 4.90 Å². The molecule has 0 atom stereocenters. The minimum Gasteiger partial charge on any atom is -0.303 e. The van der Waals surface area contributed by atoms with Crippen LogP contribution >= 0.6 is 23.7 Å². The molecule has 2 nitrogen and oxygen atoms in total. The summed E-state index contributed by atoms with van der Waals surface area (Å²) in [7, 11) is 0. The van der Waals surface area contributed by atoms with Crippen LogP contribution in [0.3, 0.4) is 0 Å². The smallest absolute Gasteiger partial charge is 0.174 e. The third kappa shape index (κ3) is 4.41. The summed E-state index contributed by atoms with van der Waals surface area (Å²) in [4.78, 5) is 15.1. The molecule has 0 unspecified atom stereocenters. The van der Waals surface area contributed by atoms with E-state index in [-0.39, 0.29) is 12.4 Å². The van der Waals surface area contributed by atoms with Crippen LogP contribution in [0.2, 0.25) is 0 Å². The van der Waals surface area contributed by atoms with E-state index in [1.165, 1.54) is 25.9 Å². The van der Waals surface area contributed by atoms with Crippen molar-refractivity contribution in [2.75, 3.05) is 19.6 Å². The molecule has 1 aliphatic heterocycles. The number of halogens is 1. The molecular weight excluding hydrogens is 254 g/mol. The molecule has 1 aromatic heterocycles. The molecule has 0 spiro atoms. The quantitative estimate of drug-likeness (QED) is 0.783. The number of carbonyl (C=O) groups is 1. The number of carbonyl (C=O) groups excluding carboxylic acids is 1. The number of rotatable bonds is 4. The van der Waals surface area contributed by atoms with Crippen LogP contribution < -0.4 is 0 Å². The van der Waals surface area contributed by atoms with Gasteiger partial charge < -0.3 is 4.90 Å². The van der Waals surface area contributed by atoms with Gasteiger partial charge in [0.15, 0.2) is 5.78 Å². The van der Waals surface area contributed by atoms with Gasteiger partial charge in [-0.05, 0) is 43.3 Å². The van der Waals surface area contributed by atoms with Crippen LogP contribution in [-0.4, -0.2) is 30.3 Å². The van der Waals surface area contributed by atoms with Crippen molar-refractivity contribution in [2.45, 2.75) is 26.2 Å². The summed E-state index contributed by atoms with van der Waals surface area (Å²) in [6.45, 7) is 5.58. The highest BCUT2D eigenvalue weighted by molar-refractivity contribution is 7.12. The van der Waals surface area contributed by atoms with E-state index in [2.05, 4.69) is 11.8 Å². The number of nitrogens with zero attached hydrogens (tertiary/aromatic N) is 1. The van der Waals surface area contributed by atoms with Gasteiger partial charge in [-0.2, -0.15) is 0 Å². The Labute approximate surface area is 113 Å². The van der Waals surface area contributed by atoms with Crippen LogP contribution in [0.25, 0.3) is 0 Å². The van der Waals surface area contributed by atoms with Gasteiger partial charge in [0.2, 0.25) is 0 Å². The average molecular weight is 274 g/mol. The molecule has 0 saturated carbocycles. The molecule has 1 aromatic rings. The number of piperidine rings is 1. The molecule has 1 aliphatic rings. The van der Waals surface area contributed by atoms with Gasteiger partial charge in [-0.25, -0.2) is 0 Å². The summed E-state index contributed by atoms with van der Waals surface area (Å²) >= 11 is 1.55. The number of hydrogen-bond acceptors (Lipinski definition) is 3. The topological polar surface area (TPSA) is 20.3 Å². The third-order valence-corrected chi connectivity index (χ3v) is 4.24. The maximum Gasteiger partial charge on any atom is 0.174 e. The molecule has 2 rings (SSSR count). The van der Waals surface area contributed by atoms with Gasteiger partial charge in [0.25, 0.3) is 0 Å². The van der Waals surface area contributed by atoms with Crippen molar-refractivity contribution in [3.63, 3.8) is 0 Å². The lowest BCUT2D eigenvalue weighted by atomic mass is 9.99. The summed E-state index contributed by atoms with van der Waals surface area (Å²) in [5, 5.41) is 1.97. The average Bonchev–Trinajstić information content (AvgIpc) is 2.81. The molecule has 2 heterocycles. The van der Waals surface area contributed by atoms with Crippen molar-refractivity contribution in [2.24, 2.45) is 5.92 Å².